The maximum atomic E-state index is 12.1. The number of para-hydroxylation sites is 1. The molecule has 0 aliphatic rings. The van der Waals surface area contributed by atoms with Crippen molar-refractivity contribution in [2.24, 2.45) is 5.10 Å². The van der Waals surface area contributed by atoms with Gasteiger partial charge in [-0.25, -0.2) is 5.43 Å². The molecular weight excluding hydrogens is 380 g/mol. The summed E-state index contributed by atoms with van der Waals surface area (Å²) in [5, 5.41) is 6.19. The minimum Gasteiger partial charge on any atom is -0.361 e. The fraction of sp³-hybridized carbons (Fsp3) is 0.0526. The molecular formula is C19H15BrN4O. The lowest BCUT2D eigenvalue weighted by Crippen LogP contribution is -2.19. The number of H-pyrrole nitrogens is 2. The number of fused-ring (bicyclic) bond motifs is 2. The standard InChI is InChI=1S/C19H15BrN4O/c20-14-5-6-18-16(8-14)13(10-22-18)11-23-24-19(25)7-12-9-21-17-4-2-1-3-15(12)17/h1-6,8-11,21-22H,7H2,(H,24,25)/b23-11+. The topological polar surface area (TPSA) is 73.0 Å². The van der Waals surface area contributed by atoms with Gasteiger partial charge in [0.05, 0.1) is 12.6 Å². The van der Waals surface area contributed by atoms with Crippen LogP contribution in [-0.2, 0) is 11.2 Å². The number of hydrogen-bond acceptors (Lipinski definition) is 2. The van der Waals surface area contributed by atoms with E-state index in [1.165, 1.54) is 0 Å². The summed E-state index contributed by atoms with van der Waals surface area (Å²) >= 11 is 3.46. The van der Waals surface area contributed by atoms with E-state index in [-0.39, 0.29) is 12.3 Å². The van der Waals surface area contributed by atoms with Gasteiger partial charge in [-0.1, -0.05) is 34.1 Å². The molecule has 0 fully saturated rings. The molecule has 0 saturated heterocycles. The lowest BCUT2D eigenvalue weighted by atomic mass is 10.1. The van der Waals surface area contributed by atoms with Crippen molar-refractivity contribution in [3.8, 4) is 0 Å². The van der Waals surface area contributed by atoms with Crippen molar-refractivity contribution >= 4 is 49.9 Å². The summed E-state index contributed by atoms with van der Waals surface area (Å²) < 4.78 is 0.998. The van der Waals surface area contributed by atoms with Crippen LogP contribution in [0.3, 0.4) is 0 Å². The van der Waals surface area contributed by atoms with Crippen LogP contribution in [0.2, 0.25) is 0 Å². The Balaban J connectivity index is 1.46. The van der Waals surface area contributed by atoms with Crippen LogP contribution >= 0.6 is 15.9 Å². The number of rotatable bonds is 4. The largest absolute Gasteiger partial charge is 0.361 e. The summed E-state index contributed by atoms with van der Waals surface area (Å²) in [5.74, 6) is -0.151. The zero-order chi connectivity index (χ0) is 17.2. The van der Waals surface area contributed by atoms with Gasteiger partial charge in [-0.3, -0.25) is 4.79 Å². The molecule has 0 aliphatic heterocycles. The lowest BCUT2D eigenvalue weighted by molar-refractivity contribution is -0.120. The van der Waals surface area contributed by atoms with Gasteiger partial charge in [-0.2, -0.15) is 5.10 Å². The number of aromatic nitrogens is 2. The fourth-order valence-corrected chi connectivity index (χ4v) is 3.25. The van der Waals surface area contributed by atoms with Gasteiger partial charge in [0.15, 0.2) is 0 Å². The van der Waals surface area contributed by atoms with Crippen LogP contribution in [0.4, 0.5) is 0 Å². The zero-order valence-electron chi connectivity index (χ0n) is 13.2. The second kappa shape index (κ2) is 6.57. The molecule has 2 aromatic carbocycles. The van der Waals surface area contributed by atoms with E-state index in [9.17, 15) is 4.79 Å². The average molecular weight is 395 g/mol. The maximum Gasteiger partial charge on any atom is 0.244 e. The molecule has 0 radical (unpaired) electrons. The quantitative estimate of drug-likeness (QED) is 0.353. The molecule has 0 saturated carbocycles. The van der Waals surface area contributed by atoms with Gasteiger partial charge in [0, 0.05) is 44.2 Å². The number of halogens is 1. The number of hydrogen-bond donors (Lipinski definition) is 3. The molecule has 1 amide bonds. The summed E-state index contributed by atoms with van der Waals surface area (Å²) in [4.78, 5) is 18.5. The molecule has 6 heteroatoms. The van der Waals surface area contributed by atoms with Gasteiger partial charge >= 0.3 is 0 Å². The predicted octanol–water partition coefficient (Wildman–Crippen LogP) is 4.10. The third-order valence-corrected chi connectivity index (χ3v) is 4.59. The number of nitrogens with one attached hydrogen (secondary N) is 3. The molecule has 3 N–H and O–H groups in total. The first kappa shape index (κ1) is 15.7. The number of carbonyl (C=O) groups is 1. The summed E-state index contributed by atoms with van der Waals surface area (Å²) in [7, 11) is 0. The molecule has 0 unspecified atom stereocenters. The molecule has 4 aromatic rings. The molecule has 0 bridgehead atoms. The molecule has 0 aliphatic carbocycles. The summed E-state index contributed by atoms with van der Waals surface area (Å²) in [6.45, 7) is 0. The molecule has 124 valence electrons. The number of carbonyl (C=O) groups excluding carboxylic acids is 1. The van der Waals surface area contributed by atoms with Crippen LogP contribution in [0.25, 0.3) is 21.8 Å². The second-order valence-electron chi connectivity index (χ2n) is 5.76. The van der Waals surface area contributed by atoms with Gasteiger partial charge in [0.25, 0.3) is 0 Å². The van der Waals surface area contributed by atoms with Gasteiger partial charge in [-0.05, 0) is 29.8 Å². The first-order chi connectivity index (χ1) is 12.2. The van der Waals surface area contributed by atoms with E-state index >= 15 is 0 Å². The van der Waals surface area contributed by atoms with Crippen LogP contribution in [0.15, 0.2) is 64.4 Å². The third-order valence-electron chi connectivity index (χ3n) is 4.09. The van der Waals surface area contributed by atoms with Crippen molar-refractivity contribution in [3.05, 3.63) is 70.5 Å². The Morgan fingerprint density at radius 2 is 1.88 bits per heavy atom. The maximum absolute atomic E-state index is 12.1. The summed E-state index contributed by atoms with van der Waals surface area (Å²) in [6.07, 6.45) is 5.66. The Labute approximate surface area is 152 Å². The summed E-state index contributed by atoms with van der Waals surface area (Å²) in [5.41, 5.74) is 6.52. The monoisotopic (exact) mass is 394 g/mol. The van der Waals surface area contributed by atoms with Crippen LogP contribution < -0.4 is 5.43 Å². The van der Waals surface area contributed by atoms with Crippen LogP contribution in [0, 0.1) is 0 Å². The van der Waals surface area contributed by atoms with Crippen molar-refractivity contribution in [1.29, 1.82) is 0 Å². The Hall–Kier alpha value is -2.86. The molecule has 0 atom stereocenters. The van der Waals surface area contributed by atoms with Gasteiger partial charge in [0.2, 0.25) is 5.91 Å². The molecule has 2 aromatic heterocycles. The fourth-order valence-electron chi connectivity index (χ4n) is 2.89. The van der Waals surface area contributed by atoms with Crippen molar-refractivity contribution in [2.45, 2.75) is 6.42 Å². The van der Waals surface area contributed by atoms with Crippen molar-refractivity contribution < 1.29 is 4.79 Å². The van der Waals surface area contributed by atoms with E-state index in [2.05, 4.69) is 36.4 Å². The van der Waals surface area contributed by atoms with Crippen LogP contribution in [0.5, 0.6) is 0 Å². The van der Waals surface area contributed by atoms with Crippen LogP contribution in [0.1, 0.15) is 11.1 Å². The number of nitrogens with zero attached hydrogens (tertiary/aromatic N) is 1. The second-order valence-corrected chi connectivity index (χ2v) is 6.68. The smallest absolute Gasteiger partial charge is 0.244 e. The van der Waals surface area contributed by atoms with E-state index in [1.54, 1.807) is 6.21 Å². The minimum absolute atomic E-state index is 0.151. The molecule has 2 heterocycles. The number of benzene rings is 2. The Kier molecular flexibility index (Phi) is 4.11. The molecule has 0 spiro atoms. The number of hydrazone groups is 1. The highest BCUT2D eigenvalue weighted by Gasteiger charge is 2.08. The third kappa shape index (κ3) is 3.21. The Bertz CT molecular complexity index is 1090. The van der Waals surface area contributed by atoms with Crippen molar-refractivity contribution in [3.63, 3.8) is 0 Å². The van der Waals surface area contributed by atoms with E-state index in [1.807, 2.05) is 54.9 Å². The van der Waals surface area contributed by atoms with Crippen molar-refractivity contribution in [2.75, 3.05) is 0 Å². The summed E-state index contributed by atoms with van der Waals surface area (Å²) in [6, 6.07) is 13.9. The van der Waals surface area contributed by atoms with E-state index in [0.717, 1.165) is 37.4 Å². The van der Waals surface area contributed by atoms with Gasteiger partial charge in [-0.15, -0.1) is 0 Å². The SMILES string of the molecule is O=C(Cc1c[nH]c2ccccc12)N/N=C/c1c[nH]c2ccc(Br)cc12. The normalized spacial score (nSPS) is 11.6. The lowest BCUT2D eigenvalue weighted by Gasteiger charge is -1.99. The highest BCUT2D eigenvalue weighted by atomic mass is 79.9. The van der Waals surface area contributed by atoms with Crippen molar-refractivity contribution in [1.82, 2.24) is 15.4 Å². The minimum atomic E-state index is -0.151. The Morgan fingerprint density at radius 3 is 2.80 bits per heavy atom. The predicted molar refractivity (Wildman–Crippen MR) is 104 cm³/mol. The Morgan fingerprint density at radius 1 is 1.08 bits per heavy atom. The average Bonchev–Trinajstić information content (AvgIpc) is 3.20. The highest BCUT2D eigenvalue weighted by molar-refractivity contribution is 9.10. The van der Waals surface area contributed by atoms with E-state index < -0.39 is 0 Å². The first-order valence-electron chi connectivity index (χ1n) is 7.84. The number of amides is 1. The van der Waals surface area contributed by atoms with E-state index in [4.69, 9.17) is 0 Å². The van der Waals surface area contributed by atoms with E-state index in [0.29, 0.717) is 0 Å². The molecule has 5 nitrogen and oxygen atoms in total. The number of aromatic amines is 2. The van der Waals surface area contributed by atoms with Crippen LogP contribution in [-0.4, -0.2) is 22.1 Å². The van der Waals surface area contributed by atoms with Gasteiger partial charge < -0.3 is 9.97 Å². The first-order valence-corrected chi connectivity index (χ1v) is 8.63. The molecule has 25 heavy (non-hydrogen) atoms. The highest BCUT2D eigenvalue weighted by Crippen LogP contribution is 2.21. The zero-order valence-corrected chi connectivity index (χ0v) is 14.8. The van der Waals surface area contributed by atoms with Gasteiger partial charge in [0.1, 0.15) is 0 Å². The molecule has 4 rings (SSSR count).